The third-order valence-corrected chi connectivity index (χ3v) is 4.29. The van der Waals surface area contributed by atoms with E-state index in [4.69, 9.17) is 5.73 Å². The molecule has 1 saturated carbocycles. The molecule has 1 aliphatic rings. The highest BCUT2D eigenvalue weighted by Crippen LogP contribution is 2.29. The molecular weight excluding hydrogens is 248 g/mol. The average molecular weight is 268 g/mol. The first-order valence-electron chi connectivity index (χ1n) is 7.30. The second kappa shape index (κ2) is 4.98. The van der Waals surface area contributed by atoms with Gasteiger partial charge in [-0.3, -0.25) is 9.78 Å². The number of ketones is 1. The van der Waals surface area contributed by atoms with Gasteiger partial charge in [0.05, 0.1) is 11.1 Å². The Labute approximate surface area is 119 Å². The van der Waals surface area contributed by atoms with Gasteiger partial charge >= 0.3 is 0 Å². The molecule has 3 nitrogen and oxygen atoms in total. The molecule has 3 rings (SSSR count). The summed E-state index contributed by atoms with van der Waals surface area (Å²) in [7, 11) is 0. The van der Waals surface area contributed by atoms with Crippen LogP contribution in [0.4, 0.5) is 0 Å². The zero-order valence-electron chi connectivity index (χ0n) is 11.9. The van der Waals surface area contributed by atoms with Crippen LogP contribution in [0.3, 0.4) is 0 Å². The number of rotatable bonds is 2. The van der Waals surface area contributed by atoms with Gasteiger partial charge in [-0.25, -0.2) is 0 Å². The molecule has 2 N–H and O–H groups in total. The summed E-state index contributed by atoms with van der Waals surface area (Å²) in [4.78, 5) is 17.2. The number of carbonyl (C=O) groups is 1. The normalized spacial score (nSPS) is 18.1. The Kier molecular flexibility index (Phi) is 3.30. The van der Waals surface area contributed by atoms with Crippen molar-refractivity contribution in [1.82, 2.24) is 4.98 Å². The molecular formula is C17H20N2O. The quantitative estimate of drug-likeness (QED) is 0.849. The summed E-state index contributed by atoms with van der Waals surface area (Å²) in [5.41, 5.74) is 8.30. The van der Waals surface area contributed by atoms with Crippen molar-refractivity contribution in [3.8, 4) is 0 Å². The minimum absolute atomic E-state index is 0.0830. The van der Waals surface area contributed by atoms with Gasteiger partial charge < -0.3 is 5.73 Å². The van der Waals surface area contributed by atoms with Gasteiger partial charge in [0.25, 0.3) is 0 Å². The molecule has 0 bridgehead atoms. The van der Waals surface area contributed by atoms with Crippen LogP contribution in [-0.4, -0.2) is 16.3 Å². The van der Waals surface area contributed by atoms with Crippen LogP contribution < -0.4 is 5.73 Å². The van der Waals surface area contributed by atoms with Crippen molar-refractivity contribution in [3.05, 3.63) is 41.6 Å². The fourth-order valence-electron chi connectivity index (χ4n) is 3.07. The van der Waals surface area contributed by atoms with Crippen LogP contribution in [0.25, 0.3) is 10.9 Å². The van der Waals surface area contributed by atoms with Crippen LogP contribution in [0.15, 0.2) is 30.3 Å². The summed E-state index contributed by atoms with van der Waals surface area (Å²) in [6, 6.07) is 9.68. The van der Waals surface area contributed by atoms with Crippen LogP contribution in [-0.2, 0) is 0 Å². The van der Waals surface area contributed by atoms with Crippen LogP contribution in [0, 0.1) is 6.92 Å². The Bertz CT molecular complexity index is 657. The molecule has 0 spiro atoms. The summed E-state index contributed by atoms with van der Waals surface area (Å²) in [6.07, 6.45) is 4.90. The lowest BCUT2D eigenvalue weighted by Crippen LogP contribution is -2.49. The van der Waals surface area contributed by atoms with Gasteiger partial charge in [-0.1, -0.05) is 25.3 Å². The SMILES string of the molecule is Cc1ccc2cc(C(=O)C3(N)CCCCC3)ccc2n1. The molecule has 0 saturated heterocycles. The van der Waals surface area contributed by atoms with E-state index in [0.717, 1.165) is 42.3 Å². The molecule has 1 aromatic heterocycles. The summed E-state index contributed by atoms with van der Waals surface area (Å²) in [5, 5.41) is 1.00. The minimum Gasteiger partial charge on any atom is -0.319 e. The van der Waals surface area contributed by atoms with Crippen molar-refractivity contribution >= 4 is 16.7 Å². The maximum absolute atomic E-state index is 12.7. The summed E-state index contributed by atoms with van der Waals surface area (Å²) in [5.74, 6) is 0.0830. The summed E-state index contributed by atoms with van der Waals surface area (Å²) < 4.78 is 0. The van der Waals surface area contributed by atoms with Crippen LogP contribution in [0.2, 0.25) is 0 Å². The van der Waals surface area contributed by atoms with Crippen LogP contribution in [0.5, 0.6) is 0 Å². The number of Topliss-reactive ketones (excluding diaryl/α,β-unsaturated/α-hetero) is 1. The van der Waals surface area contributed by atoms with Gasteiger partial charge in [-0.15, -0.1) is 0 Å². The Morgan fingerprint density at radius 2 is 1.90 bits per heavy atom. The summed E-state index contributed by atoms with van der Waals surface area (Å²) in [6.45, 7) is 1.97. The molecule has 0 atom stereocenters. The second-order valence-corrected chi connectivity index (χ2v) is 5.91. The number of aryl methyl sites for hydroxylation is 1. The van der Waals surface area contributed by atoms with Crippen molar-refractivity contribution in [3.63, 3.8) is 0 Å². The zero-order valence-corrected chi connectivity index (χ0v) is 11.9. The third-order valence-electron chi connectivity index (χ3n) is 4.29. The molecule has 0 unspecified atom stereocenters. The second-order valence-electron chi connectivity index (χ2n) is 5.91. The maximum Gasteiger partial charge on any atom is 0.182 e. The smallest absolute Gasteiger partial charge is 0.182 e. The molecule has 1 fully saturated rings. The number of carbonyl (C=O) groups excluding carboxylic acids is 1. The number of pyridine rings is 1. The van der Waals surface area contributed by atoms with Gasteiger partial charge in [0.1, 0.15) is 0 Å². The number of benzene rings is 1. The number of hydrogen-bond acceptors (Lipinski definition) is 3. The van der Waals surface area contributed by atoms with E-state index in [0.29, 0.717) is 5.56 Å². The van der Waals surface area contributed by atoms with E-state index in [-0.39, 0.29) is 5.78 Å². The molecule has 20 heavy (non-hydrogen) atoms. The number of nitrogens with two attached hydrogens (primary N) is 1. The maximum atomic E-state index is 12.7. The molecule has 1 aromatic carbocycles. The fraction of sp³-hybridized carbons (Fsp3) is 0.412. The Hall–Kier alpha value is -1.74. The Morgan fingerprint density at radius 1 is 1.15 bits per heavy atom. The van der Waals surface area contributed by atoms with Crippen molar-refractivity contribution in [2.24, 2.45) is 5.73 Å². The molecule has 0 amide bonds. The van der Waals surface area contributed by atoms with Crippen LogP contribution >= 0.6 is 0 Å². The lowest BCUT2D eigenvalue weighted by molar-refractivity contribution is 0.0848. The Morgan fingerprint density at radius 3 is 2.65 bits per heavy atom. The molecule has 1 heterocycles. The molecule has 0 aliphatic heterocycles. The predicted octanol–water partition coefficient (Wildman–Crippen LogP) is 3.39. The van der Waals surface area contributed by atoms with E-state index >= 15 is 0 Å². The van der Waals surface area contributed by atoms with Crippen molar-refractivity contribution in [2.45, 2.75) is 44.6 Å². The lowest BCUT2D eigenvalue weighted by atomic mass is 9.77. The minimum atomic E-state index is -0.663. The number of fused-ring (bicyclic) bond motifs is 1. The number of nitrogens with zero attached hydrogens (tertiary/aromatic N) is 1. The third kappa shape index (κ3) is 2.34. The fourth-order valence-corrected chi connectivity index (χ4v) is 3.07. The van der Waals surface area contributed by atoms with Gasteiger partial charge in [0.2, 0.25) is 0 Å². The van der Waals surface area contributed by atoms with Gasteiger partial charge in [0, 0.05) is 16.6 Å². The molecule has 1 aliphatic carbocycles. The topological polar surface area (TPSA) is 56.0 Å². The molecule has 3 heteroatoms. The number of hydrogen-bond donors (Lipinski definition) is 1. The van der Waals surface area contributed by atoms with Crippen molar-refractivity contribution < 1.29 is 4.79 Å². The van der Waals surface area contributed by atoms with E-state index in [1.807, 2.05) is 37.3 Å². The first-order valence-corrected chi connectivity index (χ1v) is 7.30. The highest BCUT2D eigenvalue weighted by Gasteiger charge is 2.35. The standard InChI is InChI=1S/C17H20N2O/c1-12-5-6-13-11-14(7-8-15(13)19-12)16(20)17(18)9-3-2-4-10-17/h5-8,11H,2-4,9-10,18H2,1H3. The number of aromatic nitrogens is 1. The zero-order chi connectivity index (χ0) is 14.2. The first kappa shape index (κ1) is 13.3. The summed E-state index contributed by atoms with van der Waals surface area (Å²) >= 11 is 0. The molecule has 2 aromatic rings. The lowest BCUT2D eigenvalue weighted by Gasteiger charge is -2.31. The van der Waals surface area contributed by atoms with Gasteiger partial charge in [0.15, 0.2) is 5.78 Å². The van der Waals surface area contributed by atoms with E-state index < -0.39 is 5.54 Å². The van der Waals surface area contributed by atoms with Crippen molar-refractivity contribution in [2.75, 3.05) is 0 Å². The predicted molar refractivity (Wildman–Crippen MR) is 80.8 cm³/mol. The van der Waals surface area contributed by atoms with E-state index in [1.54, 1.807) is 0 Å². The van der Waals surface area contributed by atoms with Crippen molar-refractivity contribution in [1.29, 1.82) is 0 Å². The van der Waals surface area contributed by atoms with E-state index in [2.05, 4.69) is 4.98 Å². The van der Waals surface area contributed by atoms with E-state index in [9.17, 15) is 4.79 Å². The Balaban J connectivity index is 1.97. The average Bonchev–Trinajstić information content (AvgIpc) is 2.46. The van der Waals surface area contributed by atoms with Crippen LogP contribution in [0.1, 0.15) is 48.2 Å². The monoisotopic (exact) mass is 268 g/mol. The largest absolute Gasteiger partial charge is 0.319 e. The first-order chi connectivity index (χ1) is 9.58. The molecule has 104 valence electrons. The van der Waals surface area contributed by atoms with Gasteiger partial charge in [-0.05, 0) is 44.0 Å². The molecule has 0 radical (unpaired) electrons. The highest BCUT2D eigenvalue weighted by atomic mass is 16.1. The van der Waals surface area contributed by atoms with E-state index in [1.165, 1.54) is 6.42 Å². The van der Waals surface area contributed by atoms with Gasteiger partial charge in [-0.2, -0.15) is 0 Å². The highest BCUT2D eigenvalue weighted by molar-refractivity contribution is 6.05.